The first-order valence-electron chi connectivity index (χ1n) is 4.90. The molecule has 4 nitrogen and oxygen atoms in total. The molecule has 1 fully saturated rings. The first kappa shape index (κ1) is 9.89. The Labute approximate surface area is 87.4 Å². The van der Waals surface area contributed by atoms with E-state index in [4.69, 9.17) is 5.73 Å². The van der Waals surface area contributed by atoms with Crippen LogP contribution in [0.3, 0.4) is 0 Å². The van der Waals surface area contributed by atoms with Crippen LogP contribution < -0.4 is 10.6 Å². The average Bonchev–Trinajstić information content (AvgIpc) is 2.86. The molecular weight excluding hydrogens is 198 g/mol. The highest BCUT2D eigenvalue weighted by atomic mass is 32.1. The van der Waals surface area contributed by atoms with Crippen LogP contribution in [-0.2, 0) is 0 Å². The summed E-state index contributed by atoms with van der Waals surface area (Å²) in [6.07, 6.45) is 3.67. The molecule has 1 atom stereocenters. The quantitative estimate of drug-likeness (QED) is 0.777. The van der Waals surface area contributed by atoms with Crippen LogP contribution in [0, 0.1) is 0 Å². The zero-order valence-corrected chi connectivity index (χ0v) is 8.83. The number of aliphatic hydroxyl groups is 1. The van der Waals surface area contributed by atoms with Gasteiger partial charge in [-0.2, -0.15) is 0 Å². The van der Waals surface area contributed by atoms with Crippen LogP contribution in [-0.4, -0.2) is 29.7 Å². The summed E-state index contributed by atoms with van der Waals surface area (Å²) in [5, 5.41) is 10.5. The number of hydrogen-bond acceptors (Lipinski definition) is 5. The van der Waals surface area contributed by atoms with Crippen molar-refractivity contribution < 1.29 is 5.11 Å². The Balaban J connectivity index is 2.08. The molecule has 0 aromatic carbocycles. The minimum atomic E-state index is -0.552. The summed E-state index contributed by atoms with van der Waals surface area (Å²) in [5.74, 6) is 0. The molecule has 0 aliphatic carbocycles. The number of anilines is 1. The minimum Gasteiger partial charge on any atom is -0.386 e. The van der Waals surface area contributed by atoms with Gasteiger partial charge in [0.15, 0.2) is 5.13 Å². The first-order valence-corrected chi connectivity index (χ1v) is 5.71. The number of nitrogens with zero attached hydrogens (tertiary/aromatic N) is 2. The molecule has 14 heavy (non-hydrogen) atoms. The lowest BCUT2D eigenvalue weighted by Gasteiger charge is -2.12. The maximum absolute atomic E-state index is 9.51. The largest absolute Gasteiger partial charge is 0.386 e. The molecule has 1 saturated heterocycles. The summed E-state index contributed by atoms with van der Waals surface area (Å²) in [5.41, 5.74) is 5.38. The molecule has 1 aromatic heterocycles. The summed E-state index contributed by atoms with van der Waals surface area (Å²) < 4.78 is 0. The van der Waals surface area contributed by atoms with Crippen molar-refractivity contribution in [2.75, 3.05) is 24.5 Å². The lowest BCUT2D eigenvalue weighted by Crippen LogP contribution is -2.16. The van der Waals surface area contributed by atoms with Crippen molar-refractivity contribution in [3.63, 3.8) is 0 Å². The molecule has 78 valence electrons. The topological polar surface area (TPSA) is 62.4 Å². The predicted octanol–water partition coefficient (Wildman–Crippen LogP) is 0.735. The van der Waals surface area contributed by atoms with Gasteiger partial charge in [-0.1, -0.05) is 11.3 Å². The number of aromatic nitrogens is 1. The maximum Gasteiger partial charge on any atom is 0.185 e. The van der Waals surface area contributed by atoms with Crippen molar-refractivity contribution >= 4 is 16.5 Å². The third-order valence-electron chi connectivity index (χ3n) is 2.44. The summed E-state index contributed by atoms with van der Waals surface area (Å²) in [4.78, 5) is 7.43. The number of aliphatic hydroxyl groups excluding tert-OH is 1. The van der Waals surface area contributed by atoms with Gasteiger partial charge < -0.3 is 15.7 Å². The van der Waals surface area contributed by atoms with Crippen molar-refractivity contribution in [1.82, 2.24) is 4.98 Å². The number of nitrogens with two attached hydrogens (primary N) is 1. The summed E-state index contributed by atoms with van der Waals surface area (Å²) in [6.45, 7) is 2.44. The Morgan fingerprint density at radius 1 is 1.57 bits per heavy atom. The van der Waals surface area contributed by atoms with Gasteiger partial charge in [0.25, 0.3) is 0 Å². The van der Waals surface area contributed by atoms with Crippen molar-refractivity contribution in [1.29, 1.82) is 0 Å². The summed E-state index contributed by atoms with van der Waals surface area (Å²) >= 11 is 1.55. The van der Waals surface area contributed by atoms with Gasteiger partial charge in [-0.3, -0.25) is 0 Å². The van der Waals surface area contributed by atoms with E-state index in [0.29, 0.717) is 0 Å². The highest BCUT2D eigenvalue weighted by Gasteiger charge is 2.17. The fourth-order valence-corrected chi connectivity index (χ4v) is 2.57. The second-order valence-electron chi connectivity index (χ2n) is 3.49. The molecule has 1 aliphatic rings. The Kier molecular flexibility index (Phi) is 3.00. The Morgan fingerprint density at radius 3 is 2.93 bits per heavy atom. The molecule has 0 radical (unpaired) electrons. The highest BCUT2D eigenvalue weighted by molar-refractivity contribution is 7.15. The third-order valence-corrected chi connectivity index (χ3v) is 3.60. The standard InChI is InChI=1S/C9H15N3OS/c10-5-7(13)8-6-11-9(14-8)12-3-1-2-4-12/h6-7,13H,1-5,10H2. The molecule has 1 aliphatic heterocycles. The van der Waals surface area contributed by atoms with Crippen molar-refractivity contribution in [3.8, 4) is 0 Å². The summed E-state index contributed by atoms with van der Waals surface area (Å²) in [6, 6.07) is 0. The van der Waals surface area contributed by atoms with Gasteiger partial charge in [-0.15, -0.1) is 0 Å². The molecule has 0 amide bonds. The normalized spacial score (nSPS) is 18.9. The smallest absolute Gasteiger partial charge is 0.185 e. The van der Waals surface area contributed by atoms with Gasteiger partial charge >= 0.3 is 0 Å². The molecular formula is C9H15N3OS. The predicted molar refractivity (Wildman–Crippen MR) is 57.6 cm³/mol. The van der Waals surface area contributed by atoms with Crippen molar-refractivity contribution in [2.45, 2.75) is 18.9 Å². The van der Waals surface area contributed by atoms with Gasteiger partial charge in [-0.05, 0) is 12.8 Å². The van der Waals surface area contributed by atoms with E-state index in [-0.39, 0.29) is 6.54 Å². The van der Waals surface area contributed by atoms with E-state index in [1.165, 1.54) is 12.8 Å². The van der Waals surface area contributed by atoms with Crippen LogP contribution in [0.5, 0.6) is 0 Å². The van der Waals surface area contributed by atoms with Gasteiger partial charge in [0.2, 0.25) is 0 Å². The molecule has 2 heterocycles. The maximum atomic E-state index is 9.51. The molecule has 0 spiro atoms. The number of rotatable bonds is 3. The molecule has 1 aromatic rings. The van der Waals surface area contributed by atoms with E-state index < -0.39 is 6.10 Å². The first-order chi connectivity index (χ1) is 6.81. The van der Waals surface area contributed by atoms with E-state index in [2.05, 4.69) is 9.88 Å². The fourth-order valence-electron chi connectivity index (χ4n) is 1.60. The van der Waals surface area contributed by atoms with Crippen molar-refractivity contribution in [2.24, 2.45) is 5.73 Å². The Hall–Kier alpha value is -0.650. The van der Waals surface area contributed by atoms with Gasteiger partial charge in [-0.25, -0.2) is 4.98 Å². The fraction of sp³-hybridized carbons (Fsp3) is 0.667. The second kappa shape index (κ2) is 4.25. The molecule has 2 rings (SSSR count). The van der Waals surface area contributed by atoms with E-state index in [1.807, 2.05) is 0 Å². The van der Waals surface area contributed by atoms with Crippen LogP contribution in [0.25, 0.3) is 0 Å². The molecule has 3 N–H and O–H groups in total. The zero-order chi connectivity index (χ0) is 9.97. The molecule has 5 heteroatoms. The second-order valence-corrected chi connectivity index (χ2v) is 4.53. The lowest BCUT2D eigenvalue weighted by atomic mass is 10.3. The van der Waals surface area contributed by atoms with Gasteiger partial charge in [0, 0.05) is 25.8 Å². The van der Waals surface area contributed by atoms with Crippen LogP contribution in [0.2, 0.25) is 0 Å². The Bertz CT molecular complexity index is 296. The van der Waals surface area contributed by atoms with Gasteiger partial charge in [0.05, 0.1) is 4.88 Å². The van der Waals surface area contributed by atoms with E-state index in [0.717, 1.165) is 23.1 Å². The van der Waals surface area contributed by atoms with Crippen LogP contribution in [0.15, 0.2) is 6.20 Å². The molecule has 0 bridgehead atoms. The molecule has 1 unspecified atom stereocenters. The lowest BCUT2D eigenvalue weighted by molar-refractivity contribution is 0.190. The van der Waals surface area contributed by atoms with Crippen molar-refractivity contribution in [3.05, 3.63) is 11.1 Å². The highest BCUT2D eigenvalue weighted by Crippen LogP contribution is 2.28. The van der Waals surface area contributed by atoms with Crippen LogP contribution >= 0.6 is 11.3 Å². The summed E-state index contributed by atoms with van der Waals surface area (Å²) in [7, 11) is 0. The Morgan fingerprint density at radius 2 is 2.29 bits per heavy atom. The minimum absolute atomic E-state index is 0.266. The van der Waals surface area contributed by atoms with E-state index >= 15 is 0 Å². The SMILES string of the molecule is NCC(O)c1cnc(N2CCCC2)s1. The zero-order valence-electron chi connectivity index (χ0n) is 8.02. The van der Waals surface area contributed by atoms with Gasteiger partial charge in [0.1, 0.15) is 6.10 Å². The molecule has 0 saturated carbocycles. The van der Waals surface area contributed by atoms with E-state index in [1.54, 1.807) is 17.5 Å². The van der Waals surface area contributed by atoms with Crippen LogP contribution in [0.1, 0.15) is 23.8 Å². The monoisotopic (exact) mass is 213 g/mol. The number of thiazole rings is 1. The number of hydrogen-bond donors (Lipinski definition) is 2. The van der Waals surface area contributed by atoms with E-state index in [9.17, 15) is 5.11 Å². The average molecular weight is 213 g/mol. The van der Waals surface area contributed by atoms with Crippen LogP contribution in [0.4, 0.5) is 5.13 Å². The third kappa shape index (κ3) is 1.89.